The number of hydrogen-bond donors (Lipinski definition) is 0. The molecule has 0 saturated carbocycles. The first-order valence-electron chi connectivity index (χ1n) is 9.53. The van der Waals surface area contributed by atoms with Crippen molar-refractivity contribution in [2.45, 2.75) is 19.8 Å². The summed E-state index contributed by atoms with van der Waals surface area (Å²) >= 11 is 5.16. The van der Waals surface area contributed by atoms with E-state index < -0.39 is 0 Å². The summed E-state index contributed by atoms with van der Waals surface area (Å²) in [7, 11) is 0. The molecule has 3 heterocycles. The molecule has 2 aromatic rings. The van der Waals surface area contributed by atoms with Crippen LogP contribution in [0.25, 0.3) is 0 Å². The summed E-state index contributed by atoms with van der Waals surface area (Å²) in [6.45, 7) is 5.56. The second-order valence-corrected chi connectivity index (χ2v) is 8.99. The molecule has 8 heteroatoms. The van der Waals surface area contributed by atoms with Gasteiger partial charge in [-0.15, -0.1) is 11.3 Å². The van der Waals surface area contributed by atoms with Gasteiger partial charge in [0.25, 0.3) is 0 Å². The van der Waals surface area contributed by atoms with Crippen molar-refractivity contribution in [1.29, 1.82) is 0 Å². The van der Waals surface area contributed by atoms with E-state index in [-0.39, 0.29) is 24.2 Å². The van der Waals surface area contributed by atoms with Crippen LogP contribution < -0.4 is 9.80 Å². The molecule has 1 aromatic carbocycles. The molecule has 28 heavy (non-hydrogen) atoms. The second kappa shape index (κ2) is 8.21. The van der Waals surface area contributed by atoms with Gasteiger partial charge in [-0.3, -0.25) is 9.59 Å². The minimum absolute atomic E-state index is 0.0139. The zero-order valence-electron chi connectivity index (χ0n) is 15.8. The summed E-state index contributed by atoms with van der Waals surface area (Å²) in [4.78, 5) is 36.2. The first-order valence-corrected chi connectivity index (χ1v) is 11.2. The Morgan fingerprint density at radius 1 is 1.21 bits per heavy atom. The van der Waals surface area contributed by atoms with E-state index in [9.17, 15) is 9.59 Å². The van der Waals surface area contributed by atoms with E-state index in [1.807, 2.05) is 36.1 Å². The van der Waals surface area contributed by atoms with E-state index in [0.717, 1.165) is 47.0 Å². The van der Waals surface area contributed by atoms with Crippen molar-refractivity contribution in [1.82, 2.24) is 9.88 Å². The molecule has 2 fully saturated rings. The maximum Gasteiger partial charge on any atom is 0.228 e. The van der Waals surface area contributed by atoms with Crippen LogP contribution in [0.4, 0.5) is 10.8 Å². The van der Waals surface area contributed by atoms with Crippen molar-refractivity contribution in [3.8, 4) is 0 Å². The molecule has 2 amide bonds. The molecule has 2 saturated heterocycles. The molecule has 0 unspecified atom stereocenters. The lowest BCUT2D eigenvalue weighted by Gasteiger charge is -2.24. The number of hydrogen-bond acceptors (Lipinski definition) is 5. The molecule has 1 atom stereocenters. The average molecular weight is 463 g/mol. The first-order chi connectivity index (χ1) is 13.5. The molecular weight excluding hydrogens is 440 g/mol. The SMILES string of the molecule is Cc1csc(N2CCCN(C(=O)[C@H]3CC(=O)N(c4ccccc4Br)C3)CC2)n1. The standard InChI is InChI=1S/C20H23BrN4O2S/c1-14-13-28-20(22-14)24-8-4-7-23(9-10-24)19(27)15-11-18(26)25(12-15)17-6-3-2-5-16(17)21/h2-3,5-6,13,15H,4,7-12H2,1H3/t15-/m0/s1. The Bertz CT molecular complexity index is 887. The fourth-order valence-electron chi connectivity index (χ4n) is 3.85. The lowest BCUT2D eigenvalue weighted by molar-refractivity contribution is -0.135. The molecule has 0 spiro atoms. The van der Waals surface area contributed by atoms with Crippen LogP contribution in [0.15, 0.2) is 34.1 Å². The van der Waals surface area contributed by atoms with Crippen LogP contribution in [0.2, 0.25) is 0 Å². The molecule has 2 aliphatic heterocycles. The quantitative estimate of drug-likeness (QED) is 0.701. The molecule has 4 rings (SSSR count). The minimum atomic E-state index is -0.270. The van der Waals surface area contributed by atoms with Crippen LogP contribution >= 0.6 is 27.3 Å². The molecule has 0 radical (unpaired) electrons. The van der Waals surface area contributed by atoms with Gasteiger partial charge >= 0.3 is 0 Å². The highest BCUT2D eigenvalue weighted by molar-refractivity contribution is 9.10. The minimum Gasteiger partial charge on any atom is -0.346 e. The van der Waals surface area contributed by atoms with Gasteiger partial charge in [-0.25, -0.2) is 4.98 Å². The maximum atomic E-state index is 13.1. The topological polar surface area (TPSA) is 56.8 Å². The Labute approximate surface area is 177 Å². The van der Waals surface area contributed by atoms with E-state index in [1.165, 1.54) is 0 Å². The Kier molecular flexibility index (Phi) is 5.68. The number of nitrogens with zero attached hydrogens (tertiary/aromatic N) is 4. The number of aryl methyl sites for hydroxylation is 1. The van der Waals surface area contributed by atoms with Crippen LogP contribution in [-0.2, 0) is 9.59 Å². The fraction of sp³-hybridized carbons (Fsp3) is 0.450. The van der Waals surface area contributed by atoms with E-state index in [2.05, 4.69) is 31.2 Å². The number of carbonyl (C=O) groups excluding carboxylic acids is 2. The van der Waals surface area contributed by atoms with Gasteiger partial charge in [-0.1, -0.05) is 12.1 Å². The molecule has 2 aliphatic rings. The van der Waals surface area contributed by atoms with Crippen molar-refractivity contribution < 1.29 is 9.59 Å². The summed E-state index contributed by atoms with van der Waals surface area (Å²) in [6, 6.07) is 7.66. The number of carbonyl (C=O) groups is 2. The number of para-hydroxylation sites is 1. The van der Waals surface area contributed by atoms with Crippen molar-refractivity contribution in [3.63, 3.8) is 0 Å². The Morgan fingerprint density at radius 2 is 2.04 bits per heavy atom. The van der Waals surface area contributed by atoms with Crippen LogP contribution in [0.1, 0.15) is 18.5 Å². The Morgan fingerprint density at radius 3 is 2.79 bits per heavy atom. The molecule has 6 nitrogen and oxygen atoms in total. The lowest BCUT2D eigenvalue weighted by atomic mass is 10.1. The van der Waals surface area contributed by atoms with Gasteiger partial charge in [0.05, 0.1) is 17.3 Å². The molecule has 0 aliphatic carbocycles. The van der Waals surface area contributed by atoms with E-state index in [1.54, 1.807) is 16.2 Å². The molecule has 148 valence electrons. The summed E-state index contributed by atoms with van der Waals surface area (Å²) < 4.78 is 0.876. The Hall–Kier alpha value is -1.93. The summed E-state index contributed by atoms with van der Waals surface area (Å²) in [5.41, 5.74) is 1.87. The zero-order chi connectivity index (χ0) is 19.7. The third kappa shape index (κ3) is 3.93. The van der Waals surface area contributed by atoms with Crippen molar-refractivity contribution in [3.05, 3.63) is 39.8 Å². The Balaban J connectivity index is 1.41. The zero-order valence-corrected chi connectivity index (χ0v) is 18.2. The normalized spacial score (nSPS) is 20.6. The lowest BCUT2D eigenvalue weighted by Crippen LogP contribution is -2.40. The predicted molar refractivity (Wildman–Crippen MR) is 115 cm³/mol. The number of rotatable bonds is 3. The summed E-state index contributed by atoms with van der Waals surface area (Å²) in [5, 5.41) is 3.09. The fourth-order valence-corrected chi connectivity index (χ4v) is 5.21. The largest absolute Gasteiger partial charge is 0.346 e. The molecule has 0 bridgehead atoms. The molecule has 1 aromatic heterocycles. The number of halogens is 1. The number of benzene rings is 1. The van der Waals surface area contributed by atoms with Gasteiger partial charge in [-0.2, -0.15) is 0 Å². The van der Waals surface area contributed by atoms with Crippen LogP contribution in [0.3, 0.4) is 0 Å². The third-order valence-corrected chi connectivity index (χ3v) is 6.99. The van der Waals surface area contributed by atoms with Crippen LogP contribution in [0.5, 0.6) is 0 Å². The van der Waals surface area contributed by atoms with Crippen molar-refractivity contribution >= 4 is 49.9 Å². The summed E-state index contributed by atoms with van der Waals surface area (Å²) in [5.74, 6) is -0.159. The highest BCUT2D eigenvalue weighted by Crippen LogP contribution is 2.32. The number of amides is 2. The average Bonchev–Trinajstić information content (AvgIpc) is 3.19. The third-order valence-electron chi connectivity index (χ3n) is 5.30. The first kappa shape index (κ1) is 19.4. The second-order valence-electron chi connectivity index (χ2n) is 7.29. The molecular formula is C20H23BrN4O2S. The number of thiazole rings is 1. The van der Waals surface area contributed by atoms with Crippen LogP contribution in [-0.4, -0.2) is 54.4 Å². The van der Waals surface area contributed by atoms with Gasteiger partial charge < -0.3 is 14.7 Å². The molecule has 0 N–H and O–H groups in total. The van der Waals surface area contributed by atoms with Crippen LogP contribution in [0, 0.1) is 12.8 Å². The number of anilines is 2. The van der Waals surface area contributed by atoms with Gasteiger partial charge in [0, 0.05) is 49.0 Å². The predicted octanol–water partition coefficient (Wildman–Crippen LogP) is 3.31. The van der Waals surface area contributed by atoms with E-state index in [4.69, 9.17) is 0 Å². The smallest absolute Gasteiger partial charge is 0.228 e. The van der Waals surface area contributed by atoms with Crippen molar-refractivity contribution in [2.24, 2.45) is 5.92 Å². The van der Waals surface area contributed by atoms with Gasteiger partial charge in [0.15, 0.2) is 5.13 Å². The van der Waals surface area contributed by atoms with Gasteiger partial charge in [-0.05, 0) is 41.4 Å². The number of aromatic nitrogens is 1. The van der Waals surface area contributed by atoms with Crippen molar-refractivity contribution in [2.75, 3.05) is 42.5 Å². The van der Waals surface area contributed by atoms with E-state index in [0.29, 0.717) is 13.1 Å². The highest BCUT2D eigenvalue weighted by atomic mass is 79.9. The monoisotopic (exact) mass is 462 g/mol. The maximum absolute atomic E-state index is 13.1. The van der Waals surface area contributed by atoms with Gasteiger partial charge in [0.2, 0.25) is 11.8 Å². The summed E-state index contributed by atoms with van der Waals surface area (Å²) in [6.07, 6.45) is 1.20. The van der Waals surface area contributed by atoms with Gasteiger partial charge in [0.1, 0.15) is 0 Å². The van der Waals surface area contributed by atoms with E-state index >= 15 is 0 Å². The highest BCUT2D eigenvalue weighted by Gasteiger charge is 2.38.